The van der Waals surface area contributed by atoms with Crippen LogP contribution in [0.1, 0.15) is 15.3 Å². The first-order valence-electron chi connectivity index (χ1n) is 12.9. The molecule has 218 valence electrons. The van der Waals surface area contributed by atoms with Crippen LogP contribution in [-0.2, 0) is 6.54 Å². The molecule has 0 saturated heterocycles. The Labute approximate surface area is 258 Å². The third-order valence-corrected chi connectivity index (χ3v) is 8.39. The second-order valence-electron chi connectivity index (χ2n) is 9.18. The zero-order valence-corrected chi connectivity index (χ0v) is 25.8. The van der Waals surface area contributed by atoms with Gasteiger partial charge in [0.05, 0.1) is 32.0 Å². The number of aromatic nitrogens is 6. The van der Waals surface area contributed by atoms with Crippen LogP contribution < -0.4 is 14.8 Å². The van der Waals surface area contributed by atoms with Gasteiger partial charge in [0.15, 0.2) is 11.5 Å². The first-order valence-corrected chi connectivity index (χ1v) is 14.9. The van der Waals surface area contributed by atoms with Crippen LogP contribution in [0.25, 0.3) is 43.6 Å². The molecule has 0 saturated carbocycles. The van der Waals surface area contributed by atoms with Gasteiger partial charge in [0.1, 0.15) is 20.6 Å². The number of hydrogen-bond acceptors (Lipinski definition) is 13. The van der Waals surface area contributed by atoms with E-state index in [0.29, 0.717) is 46.4 Å². The number of halogens is 1. The van der Waals surface area contributed by atoms with Gasteiger partial charge in [-0.25, -0.2) is 19.9 Å². The zero-order valence-electron chi connectivity index (χ0n) is 23.4. The highest BCUT2D eigenvalue weighted by atomic mass is 35.5. The second kappa shape index (κ2) is 12.3. The van der Waals surface area contributed by atoms with Crippen LogP contribution >= 0.6 is 34.3 Å². The summed E-state index contributed by atoms with van der Waals surface area (Å²) in [5.41, 5.74) is 1.05. The second-order valence-corrected chi connectivity index (χ2v) is 12.0. The maximum atomic E-state index is 6.09. The molecule has 0 atom stereocenters. The van der Waals surface area contributed by atoms with Gasteiger partial charge in [-0.1, -0.05) is 28.0 Å². The predicted molar refractivity (Wildman–Crippen MR) is 167 cm³/mol. The van der Waals surface area contributed by atoms with Crippen molar-refractivity contribution < 1.29 is 18.5 Å². The highest BCUT2D eigenvalue weighted by molar-refractivity contribution is 7.19. The van der Waals surface area contributed by atoms with Crippen LogP contribution in [0.4, 0.5) is 5.82 Å². The molecule has 0 bridgehead atoms. The van der Waals surface area contributed by atoms with Crippen molar-refractivity contribution >= 4 is 60.5 Å². The van der Waals surface area contributed by atoms with Crippen LogP contribution in [0.3, 0.4) is 0 Å². The Morgan fingerprint density at radius 1 is 0.744 bits per heavy atom. The molecular formula is C29H24ClN7O4S2. The van der Waals surface area contributed by atoms with Gasteiger partial charge in [0.2, 0.25) is 23.2 Å². The number of nitrogens with one attached hydrogen (secondary N) is 1. The van der Waals surface area contributed by atoms with Crippen molar-refractivity contribution in [2.24, 2.45) is 0 Å². The number of methoxy groups -OCH3 is 2. The summed E-state index contributed by atoms with van der Waals surface area (Å²) < 4.78 is 20.9. The first kappa shape index (κ1) is 28.5. The molecule has 0 spiro atoms. The molecule has 0 aliphatic heterocycles. The lowest BCUT2D eigenvalue weighted by molar-refractivity contribution is 0.354. The molecule has 1 aromatic carbocycles. The topological polar surface area (TPSA) is 134 Å². The molecular weight excluding hydrogens is 610 g/mol. The maximum Gasteiger partial charge on any atom is 0.204 e. The molecule has 43 heavy (non-hydrogen) atoms. The van der Waals surface area contributed by atoms with Crippen molar-refractivity contribution in [3.05, 3.63) is 75.3 Å². The number of fused-ring (bicyclic) bond motifs is 2. The fraction of sp³-hybridized carbons (Fsp3) is 0.172. The van der Waals surface area contributed by atoms with Gasteiger partial charge in [-0.3, -0.25) is 0 Å². The third kappa shape index (κ3) is 6.14. The largest absolute Gasteiger partial charge is 0.493 e. The van der Waals surface area contributed by atoms with Crippen molar-refractivity contribution in [3.63, 3.8) is 0 Å². The Kier molecular flexibility index (Phi) is 8.18. The van der Waals surface area contributed by atoms with Gasteiger partial charge in [-0.05, 0) is 43.7 Å². The number of rotatable bonds is 7. The summed E-state index contributed by atoms with van der Waals surface area (Å²) in [6, 6.07) is 13.3. The Morgan fingerprint density at radius 2 is 1.35 bits per heavy atom. The summed E-state index contributed by atoms with van der Waals surface area (Å²) >= 11 is 9.29. The first-order chi connectivity index (χ1) is 20.9. The molecule has 0 aliphatic carbocycles. The van der Waals surface area contributed by atoms with Crippen molar-refractivity contribution in [1.29, 1.82) is 0 Å². The van der Waals surface area contributed by atoms with E-state index >= 15 is 0 Å². The van der Waals surface area contributed by atoms with E-state index in [-0.39, 0.29) is 0 Å². The molecule has 1 N–H and O–H groups in total. The van der Waals surface area contributed by atoms with E-state index in [2.05, 4.69) is 48.6 Å². The van der Waals surface area contributed by atoms with Crippen molar-refractivity contribution in [2.45, 2.75) is 20.4 Å². The number of nitrogens with zero attached hydrogens (tertiary/aromatic N) is 6. The maximum absolute atomic E-state index is 6.09. The summed E-state index contributed by atoms with van der Waals surface area (Å²) in [6.45, 7) is 4.65. The Morgan fingerprint density at radius 3 is 1.95 bits per heavy atom. The summed E-state index contributed by atoms with van der Waals surface area (Å²) in [4.78, 5) is 21.9. The van der Waals surface area contributed by atoms with Crippen LogP contribution in [-0.4, -0.2) is 44.5 Å². The molecule has 7 rings (SSSR count). The van der Waals surface area contributed by atoms with Gasteiger partial charge < -0.3 is 23.8 Å². The summed E-state index contributed by atoms with van der Waals surface area (Å²) in [6.07, 6.45) is 3.13. The van der Waals surface area contributed by atoms with E-state index in [1.807, 2.05) is 31.2 Å². The highest BCUT2D eigenvalue weighted by Crippen LogP contribution is 2.33. The minimum Gasteiger partial charge on any atom is -0.493 e. The normalized spacial score (nSPS) is 11.0. The number of thiophene rings is 2. The number of hydrogen-bond donors (Lipinski definition) is 1. The smallest absolute Gasteiger partial charge is 0.204 e. The Bertz CT molecular complexity index is 2010. The van der Waals surface area contributed by atoms with Gasteiger partial charge >= 0.3 is 0 Å². The molecule has 0 amide bonds. The molecule has 14 heteroatoms. The van der Waals surface area contributed by atoms with E-state index in [1.54, 1.807) is 61.4 Å². The fourth-order valence-electron chi connectivity index (χ4n) is 4.24. The van der Waals surface area contributed by atoms with E-state index < -0.39 is 0 Å². The van der Waals surface area contributed by atoms with Gasteiger partial charge in [-0.15, -0.1) is 22.7 Å². The van der Waals surface area contributed by atoms with Gasteiger partial charge in [-0.2, -0.15) is 0 Å². The summed E-state index contributed by atoms with van der Waals surface area (Å²) in [5, 5.41) is 13.1. The fourth-order valence-corrected chi connectivity index (χ4v) is 6.28. The summed E-state index contributed by atoms with van der Waals surface area (Å²) in [5.74, 6) is 4.19. The SMILES string of the molecule is COc1ccc(CNc2nc(-c3ccno3)nc3sc(C)cc23)cc1OC.Cc1cc2c(Cl)nc(-c3ccno3)nc2s1. The minimum absolute atomic E-state index is 0.445. The lowest BCUT2D eigenvalue weighted by Gasteiger charge is -2.11. The number of ether oxygens (including phenoxy) is 2. The van der Waals surface area contributed by atoms with Crippen molar-refractivity contribution in [1.82, 2.24) is 30.2 Å². The van der Waals surface area contributed by atoms with E-state index in [4.69, 9.17) is 30.1 Å². The Balaban J connectivity index is 0.000000174. The average Bonchev–Trinajstić information content (AvgIpc) is 3.82. The summed E-state index contributed by atoms with van der Waals surface area (Å²) in [7, 11) is 3.25. The molecule has 6 aromatic heterocycles. The van der Waals surface area contributed by atoms with E-state index in [1.165, 1.54) is 4.88 Å². The monoisotopic (exact) mass is 633 g/mol. The van der Waals surface area contributed by atoms with Crippen LogP contribution in [0, 0.1) is 13.8 Å². The van der Waals surface area contributed by atoms with Crippen LogP contribution in [0.5, 0.6) is 11.5 Å². The van der Waals surface area contributed by atoms with Crippen LogP contribution in [0.2, 0.25) is 5.15 Å². The number of benzene rings is 1. The molecule has 11 nitrogen and oxygen atoms in total. The molecule has 7 aromatic rings. The van der Waals surface area contributed by atoms with Crippen LogP contribution in [0.15, 0.2) is 63.9 Å². The zero-order chi connectivity index (χ0) is 29.9. The minimum atomic E-state index is 0.445. The molecule has 0 radical (unpaired) electrons. The Hall–Kier alpha value is -4.59. The molecule has 0 unspecified atom stereocenters. The van der Waals surface area contributed by atoms with Gasteiger partial charge in [0.25, 0.3) is 0 Å². The van der Waals surface area contributed by atoms with Gasteiger partial charge in [0, 0.05) is 33.8 Å². The van der Waals surface area contributed by atoms with Crippen molar-refractivity contribution in [2.75, 3.05) is 19.5 Å². The molecule has 6 heterocycles. The predicted octanol–water partition coefficient (Wildman–Crippen LogP) is 7.59. The number of anilines is 1. The lowest BCUT2D eigenvalue weighted by atomic mass is 10.2. The van der Waals surface area contributed by atoms with E-state index in [9.17, 15) is 0 Å². The van der Waals surface area contributed by atoms with Crippen molar-refractivity contribution in [3.8, 4) is 34.7 Å². The molecule has 0 aliphatic rings. The van der Waals surface area contributed by atoms with E-state index in [0.717, 1.165) is 36.7 Å². The lowest BCUT2D eigenvalue weighted by Crippen LogP contribution is -2.04. The average molecular weight is 634 g/mol. The quantitative estimate of drug-likeness (QED) is 0.174. The number of aryl methyl sites for hydroxylation is 2. The highest BCUT2D eigenvalue weighted by Gasteiger charge is 2.15. The molecule has 0 fully saturated rings. The third-order valence-electron chi connectivity index (χ3n) is 6.21. The standard InChI is InChI=1S/C19H18N4O3S.C10H6ClN3OS/c1-11-8-13-17(20-10-12-4-5-14(24-2)16(9-12)25-3)22-18(23-19(13)27-11)15-6-7-21-26-15;1-5-4-6-8(11)13-9(14-10(6)16-5)7-2-3-12-15-7/h4-9H,10H2,1-3H3,(H,20,22,23);2-4H,1H3.